The minimum absolute atomic E-state index is 0.596. The molecule has 3 heteroatoms. The third-order valence-electron chi connectivity index (χ3n) is 4.11. The van der Waals surface area contributed by atoms with Gasteiger partial charge >= 0.3 is 0 Å². The molecule has 0 saturated carbocycles. The Morgan fingerprint density at radius 2 is 1.65 bits per heavy atom. The maximum atomic E-state index is 5.92. The molecule has 26 heavy (non-hydrogen) atoms. The number of benzene rings is 3. The van der Waals surface area contributed by atoms with Gasteiger partial charge in [0.15, 0.2) is 0 Å². The van der Waals surface area contributed by atoms with Crippen molar-refractivity contribution in [2.75, 3.05) is 6.54 Å². The van der Waals surface area contributed by atoms with Crippen LogP contribution in [0.4, 0.5) is 0 Å². The molecule has 0 unspecified atom stereocenters. The number of hydrogen-bond acceptors (Lipinski definition) is 3. The second-order valence-electron chi connectivity index (χ2n) is 6.33. The standard InChI is InChI=1S/C23H25NOS/c1-19-12-14-21(15-13-19)18-25-22-10-5-11-23(17-22)26-24-16-6-9-20-7-3-2-4-8-20/h2-5,7-8,10-15,17,24H,6,9,16,18H2,1H3. The van der Waals surface area contributed by atoms with Gasteiger partial charge in [-0.3, -0.25) is 4.72 Å². The summed E-state index contributed by atoms with van der Waals surface area (Å²) in [6.07, 6.45) is 2.23. The molecule has 0 spiro atoms. The van der Waals surface area contributed by atoms with Crippen molar-refractivity contribution in [1.29, 1.82) is 0 Å². The predicted molar refractivity (Wildman–Crippen MR) is 111 cm³/mol. The van der Waals surface area contributed by atoms with Crippen LogP contribution in [0.15, 0.2) is 83.8 Å². The summed E-state index contributed by atoms with van der Waals surface area (Å²) in [5.41, 5.74) is 3.85. The van der Waals surface area contributed by atoms with Crippen molar-refractivity contribution in [2.45, 2.75) is 31.3 Å². The molecule has 0 aliphatic rings. The third-order valence-corrected chi connectivity index (χ3v) is 4.95. The Labute approximate surface area is 160 Å². The first-order chi connectivity index (χ1) is 12.8. The molecule has 3 rings (SSSR count). The first kappa shape index (κ1) is 18.6. The maximum absolute atomic E-state index is 5.92. The summed E-state index contributed by atoms with van der Waals surface area (Å²) in [4.78, 5) is 1.17. The summed E-state index contributed by atoms with van der Waals surface area (Å²) < 4.78 is 9.36. The van der Waals surface area contributed by atoms with Gasteiger partial charge in [-0.1, -0.05) is 66.2 Å². The lowest BCUT2D eigenvalue weighted by molar-refractivity contribution is 0.305. The highest BCUT2D eigenvalue weighted by molar-refractivity contribution is 7.97. The molecule has 0 heterocycles. The highest BCUT2D eigenvalue weighted by Gasteiger charge is 2.00. The summed E-state index contributed by atoms with van der Waals surface area (Å²) in [6, 6.07) is 27.3. The molecule has 0 radical (unpaired) electrons. The summed E-state index contributed by atoms with van der Waals surface area (Å²) in [5.74, 6) is 0.904. The van der Waals surface area contributed by atoms with Crippen LogP contribution in [0.2, 0.25) is 0 Å². The van der Waals surface area contributed by atoms with Crippen LogP contribution in [-0.2, 0) is 13.0 Å². The second-order valence-corrected chi connectivity index (χ2v) is 7.30. The fraction of sp³-hybridized carbons (Fsp3) is 0.217. The van der Waals surface area contributed by atoms with E-state index >= 15 is 0 Å². The largest absolute Gasteiger partial charge is 0.489 e. The zero-order valence-corrected chi connectivity index (χ0v) is 16.0. The van der Waals surface area contributed by atoms with Crippen LogP contribution in [-0.4, -0.2) is 6.54 Å². The van der Waals surface area contributed by atoms with E-state index < -0.39 is 0 Å². The van der Waals surface area contributed by atoms with Gasteiger partial charge in [-0.2, -0.15) is 0 Å². The van der Waals surface area contributed by atoms with Gasteiger partial charge in [0.25, 0.3) is 0 Å². The van der Waals surface area contributed by atoms with Gasteiger partial charge in [-0.05, 0) is 61.0 Å². The van der Waals surface area contributed by atoms with E-state index in [1.807, 2.05) is 12.1 Å². The Bertz CT molecular complexity index is 787. The van der Waals surface area contributed by atoms with Crippen LogP contribution in [0.3, 0.4) is 0 Å². The van der Waals surface area contributed by atoms with Gasteiger partial charge < -0.3 is 4.74 Å². The van der Waals surface area contributed by atoms with Crippen molar-refractivity contribution >= 4 is 11.9 Å². The van der Waals surface area contributed by atoms with E-state index in [4.69, 9.17) is 4.74 Å². The summed E-state index contributed by atoms with van der Waals surface area (Å²) >= 11 is 1.66. The SMILES string of the molecule is Cc1ccc(COc2cccc(SNCCCc3ccccc3)c2)cc1. The van der Waals surface area contributed by atoms with Crippen molar-refractivity contribution < 1.29 is 4.74 Å². The van der Waals surface area contributed by atoms with Crippen molar-refractivity contribution in [3.05, 3.63) is 95.6 Å². The van der Waals surface area contributed by atoms with Crippen molar-refractivity contribution in [2.24, 2.45) is 0 Å². The van der Waals surface area contributed by atoms with Crippen LogP contribution in [0.25, 0.3) is 0 Å². The molecule has 1 N–H and O–H groups in total. The first-order valence-electron chi connectivity index (χ1n) is 9.02. The van der Waals surface area contributed by atoms with Gasteiger partial charge in [0, 0.05) is 11.4 Å². The van der Waals surface area contributed by atoms with E-state index in [-0.39, 0.29) is 0 Å². The van der Waals surface area contributed by atoms with Crippen LogP contribution < -0.4 is 9.46 Å². The molecule has 0 fully saturated rings. The van der Waals surface area contributed by atoms with E-state index in [1.54, 1.807) is 11.9 Å². The van der Waals surface area contributed by atoms with Crippen LogP contribution >= 0.6 is 11.9 Å². The van der Waals surface area contributed by atoms with Gasteiger partial charge in [-0.25, -0.2) is 0 Å². The van der Waals surface area contributed by atoms with E-state index in [0.29, 0.717) is 6.61 Å². The smallest absolute Gasteiger partial charge is 0.120 e. The summed E-state index contributed by atoms with van der Waals surface area (Å²) in [6.45, 7) is 3.67. The number of nitrogens with one attached hydrogen (secondary N) is 1. The zero-order valence-electron chi connectivity index (χ0n) is 15.2. The number of rotatable bonds is 9. The lowest BCUT2D eigenvalue weighted by Gasteiger charge is -2.09. The number of aryl methyl sites for hydroxylation is 2. The molecule has 0 bridgehead atoms. The highest BCUT2D eigenvalue weighted by Crippen LogP contribution is 2.21. The van der Waals surface area contributed by atoms with E-state index in [2.05, 4.69) is 78.4 Å². The average Bonchev–Trinajstić information content (AvgIpc) is 2.68. The quantitative estimate of drug-likeness (QED) is 0.383. The molecule has 0 amide bonds. The van der Waals surface area contributed by atoms with Gasteiger partial charge in [-0.15, -0.1) is 0 Å². The van der Waals surface area contributed by atoms with E-state index in [0.717, 1.165) is 25.1 Å². The normalized spacial score (nSPS) is 10.7. The molecule has 3 aromatic carbocycles. The minimum atomic E-state index is 0.596. The molecular formula is C23H25NOS. The fourth-order valence-electron chi connectivity index (χ4n) is 2.62. The van der Waals surface area contributed by atoms with Crippen molar-refractivity contribution in [3.63, 3.8) is 0 Å². The van der Waals surface area contributed by atoms with Gasteiger partial charge in [0.1, 0.15) is 12.4 Å². The molecule has 2 nitrogen and oxygen atoms in total. The molecule has 0 aliphatic heterocycles. The molecule has 0 aromatic heterocycles. The van der Waals surface area contributed by atoms with E-state index in [1.165, 1.54) is 21.6 Å². The van der Waals surface area contributed by atoms with E-state index in [9.17, 15) is 0 Å². The first-order valence-corrected chi connectivity index (χ1v) is 9.83. The Kier molecular flexibility index (Phi) is 7.17. The minimum Gasteiger partial charge on any atom is -0.489 e. The van der Waals surface area contributed by atoms with Crippen LogP contribution in [0.1, 0.15) is 23.1 Å². The van der Waals surface area contributed by atoms with Gasteiger partial charge in [0.2, 0.25) is 0 Å². The molecule has 3 aromatic rings. The monoisotopic (exact) mass is 363 g/mol. The Hall–Kier alpha value is -2.23. The maximum Gasteiger partial charge on any atom is 0.120 e. The average molecular weight is 364 g/mol. The topological polar surface area (TPSA) is 21.3 Å². The fourth-order valence-corrected chi connectivity index (χ4v) is 3.36. The Balaban J connectivity index is 1.40. The molecular weight excluding hydrogens is 338 g/mol. The molecule has 134 valence electrons. The highest BCUT2D eigenvalue weighted by atomic mass is 32.2. The zero-order chi connectivity index (χ0) is 18.0. The number of ether oxygens (including phenoxy) is 1. The summed E-state index contributed by atoms with van der Waals surface area (Å²) in [7, 11) is 0. The molecule has 0 atom stereocenters. The van der Waals surface area contributed by atoms with Gasteiger partial charge in [0.05, 0.1) is 0 Å². The molecule has 0 aliphatic carbocycles. The summed E-state index contributed by atoms with van der Waals surface area (Å²) in [5, 5.41) is 0. The third kappa shape index (κ3) is 6.25. The molecule has 0 saturated heterocycles. The van der Waals surface area contributed by atoms with Crippen LogP contribution in [0.5, 0.6) is 5.75 Å². The Morgan fingerprint density at radius 1 is 0.846 bits per heavy atom. The second kappa shape index (κ2) is 10.0. The number of hydrogen-bond donors (Lipinski definition) is 1. The lowest BCUT2D eigenvalue weighted by atomic mass is 10.1. The van der Waals surface area contributed by atoms with Crippen molar-refractivity contribution in [3.8, 4) is 5.75 Å². The lowest BCUT2D eigenvalue weighted by Crippen LogP contribution is -2.06. The van der Waals surface area contributed by atoms with Crippen LogP contribution in [0, 0.1) is 6.92 Å². The Morgan fingerprint density at radius 3 is 2.46 bits per heavy atom. The predicted octanol–water partition coefficient (Wildman–Crippen LogP) is 5.80. The van der Waals surface area contributed by atoms with Crippen molar-refractivity contribution in [1.82, 2.24) is 4.72 Å².